The Labute approximate surface area is 108 Å². The van der Waals surface area contributed by atoms with Crippen LogP contribution in [0.25, 0.3) is 0 Å². The molecule has 1 saturated heterocycles. The maximum absolute atomic E-state index is 9.17. The van der Waals surface area contributed by atoms with Crippen LogP contribution in [0.4, 0.5) is 5.69 Å². The van der Waals surface area contributed by atoms with E-state index in [-0.39, 0.29) is 12.1 Å². The van der Waals surface area contributed by atoms with Crippen LogP contribution in [0.5, 0.6) is 0 Å². The summed E-state index contributed by atoms with van der Waals surface area (Å²) in [5.74, 6) is -0.530. The number of anilines is 1. The van der Waals surface area contributed by atoms with Crippen LogP contribution in [0.3, 0.4) is 0 Å². The van der Waals surface area contributed by atoms with Crippen LogP contribution in [-0.4, -0.2) is 24.5 Å². The Morgan fingerprint density at radius 3 is 2.72 bits per heavy atom. The van der Waals surface area contributed by atoms with E-state index in [1.165, 1.54) is 0 Å². The highest BCUT2D eigenvalue weighted by atomic mass is 16.7. The summed E-state index contributed by atoms with van der Waals surface area (Å²) >= 11 is 0. The van der Waals surface area contributed by atoms with Gasteiger partial charge in [-0.3, -0.25) is 0 Å². The topological polar surface area (TPSA) is 54.3 Å². The summed E-state index contributed by atoms with van der Waals surface area (Å²) in [6.07, 6.45) is 0.593. The van der Waals surface area contributed by atoms with Crippen LogP contribution in [0.2, 0.25) is 0 Å². The van der Waals surface area contributed by atoms with Crippen LogP contribution >= 0.6 is 0 Å². The normalized spacial score (nSPS) is 23.3. The Hall–Kier alpha value is -1.57. The number of hydrogen-bond donors (Lipinski definition) is 1. The van der Waals surface area contributed by atoms with E-state index >= 15 is 0 Å². The summed E-state index contributed by atoms with van der Waals surface area (Å²) in [6.45, 7) is 4.32. The molecule has 0 amide bonds. The van der Waals surface area contributed by atoms with E-state index in [1.54, 1.807) is 0 Å². The van der Waals surface area contributed by atoms with Crippen LogP contribution in [0.1, 0.15) is 20.3 Å². The number of ether oxygens (including phenoxy) is 2. The van der Waals surface area contributed by atoms with Crippen LogP contribution in [-0.2, 0) is 9.47 Å². The third-order valence-electron chi connectivity index (χ3n) is 2.84. The van der Waals surface area contributed by atoms with Gasteiger partial charge in [0, 0.05) is 12.1 Å². The molecule has 1 aromatic rings. The monoisotopic (exact) mass is 246 g/mol. The van der Waals surface area contributed by atoms with E-state index < -0.39 is 5.79 Å². The summed E-state index contributed by atoms with van der Waals surface area (Å²) in [5.41, 5.74) is 0.947. The lowest BCUT2D eigenvalue weighted by Gasteiger charge is -2.19. The van der Waals surface area contributed by atoms with E-state index in [4.69, 9.17) is 14.7 Å². The molecule has 0 unspecified atom stereocenters. The van der Waals surface area contributed by atoms with Gasteiger partial charge in [0.1, 0.15) is 6.04 Å². The number of rotatable bonds is 4. The van der Waals surface area contributed by atoms with E-state index in [1.807, 2.05) is 44.2 Å². The summed E-state index contributed by atoms with van der Waals surface area (Å²) in [5, 5.41) is 12.4. The Bertz CT molecular complexity index is 425. The molecule has 1 heterocycles. The average Bonchev–Trinajstić information content (AvgIpc) is 2.69. The molecule has 2 atom stereocenters. The number of benzene rings is 1. The Morgan fingerprint density at radius 1 is 1.44 bits per heavy atom. The van der Waals surface area contributed by atoms with Crippen molar-refractivity contribution in [2.24, 2.45) is 0 Å². The number of nitriles is 1. The van der Waals surface area contributed by atoms with E-state index in [0.717, 1.165) is 5.69 Å². The first kappa shape index (κ1) is 12.9. The largest absolute Gasteiger partial charge is 0.370 e. The number of nitrogens with zero attached hydrogens (tertiary/aromatic N) is 1. The van der Waals surface area contributed by atoms with Crippen molar-refractivity contribution in [1.82, 2.24) is 0 Å². The molecule has 4 heteroatoms. The second-order valence-corrected chi connectivity index (χ2v) is 4.88. The number of hydrogen-bond acceptors (Lipinski definition) is 4. The van der Waals surface area contributed by atoms with Crippen molar-refractivity contribution in [3.63, 3.8) is 0 Å². The van der Waals surface area contributed by atoms with Gasteiger partial charge in [-0.25, -0.2) is 0 Å². The van der Waals surface area contributed by atoms with Crippen molar-refractivity contribution in [3.8, 4) is 6.07 Å². The second-order valence-electron chi connectivity index (χ2n) is 4.88. The fourth-order valence-corrected chi connectivity index (χ4v) is 2.02. The number of para-hydroxylation sites is 1. The lowest BCUT2D eigenvalue weighted by Crippen LogP contribution is -2.27. The summed E-state index contributed by atoms with van der Waals surface area (Å²) in [4.78, 5) is 0. The summed E-state index contributed by atoms with van der Waals surface area (Å²) in [7, 11) is 0. The first-order valence-electron chi connectivity index (χ1n) is 6.12. The van der Waals surface area contributed by atoms with Gasteiger partial charge in [-0.05, 0) is 26.0 Å². The lowest BCUT2D eigenvalue weighted by atomic mass is 10.1. The van der Waals surface area contributed by atoms with Crippen molar-refractivity contribution >= 4 is 5.69 Å². The highest BCUT2D eigenvalue weighted by Crippen LogP contribution is 2.25. The van der Waals surface area contributed by atoms with Gasteiger partial charge < -0.3 is 14.8 Å². The fraction of sp³-hybridized carbons (Fsp3) is 0.500. The molecule has 2 rings (SSSR count). The zero-order chi connectivity index (χ0) is 13.0. The zero-order valence-electron chi connectivity index (χ0n) is 10.7. The molecule has 0 radical (unpaired) electrons. The molecule has 0 bridgehead atoms. The molecular weight excluding hydrogens is 228 g/mol. The van der Waals surface area contributed by atoms with Gasteiger partial charge in [-0.15, -0.1) is 0 Å². The lowest BCUT2D eigenvalue weighted by molar-refractivity contribution is -0.138. The first-order valence-corrected chi connectivity index (χ1v) is 6.12. The molecular formula is C14H18N2O2. The molecule has 0 aromatic heterocycles. The molecule has 18 heavy (non-hydrogen) atoms. The highest BCUT2D eigenvalue weighted by Gasteiger charge is 2.33. The molecule has 0 spiro atoms. The Balaban J connectivity index is 1.89. The van der Waals surface area contributed by atoms with Crippen molar-refractivity contribution in [2.75, 3.05) is 11.9 Å². The van der Waals surface area contributed by atoms with Crippen LogP contribution < -0.4 is 5.32 Å². The molecule has 1 aliphatic heterocycles. The zero-order valence-corrected chi connectivity index (χ0v) is 10.7. The minimum Gasteiger partial charge on any atom is -0.370 e. The molecule has 4 nitrogen and oxygen atoms in total. The van der Waals surface area contributed by atoms with Crippen LogP contribution in [0.15, 0.2) is 30.3 Å². The second kappa shape index (κ2) is 5.38. The van der Waals surface area contributed by atoms with Gasteiger partial charge in [-0.2, -0.15) is 5.26 Å². The minimum atomic E-state index is -0.530. The van der Waals surface area contributed by atoms with Gasteiger partial charge in [0.15, 0.2) is 5.79 Å². The van der Waals surface area contributed by atoms with Crippen molar-refractivity contribution < 1.29 is 9.47 Å². The minimum absolute atomic E-state index is 0.0270. The van der Waals surface area contributed by atoms with Crippen molar-refractivity contribution in [2.45, 2.75) is 38.2 Å². The molecule has 1 aromatic carbocycles. The predicted molar refractivity (Wildman–Crippen MR) is 69.0 cm³/mol. The quantitative estimate of drug-likeness (QED) is 0.887. The molecule has 0 aliphatic carbocycles. The SMILES string of the molecule is CC1(C)OC[C@H](C[C@H](C#N)Nc2ccccc2)O1. The Kier molecular flexibility index (Phi) is 3.85. The maximum Gasteiger partial charge on any atom is 0.163 e. The van der Waals surface area contributed by atoms with E-state index in [9.17, 15) is 0 Å². The molecule has 96 valence electrons. The van der Waals surface area contributed by atoms with Gasteiger partial charge in [-0.1, -0.05) is 18.2 Å². The van der Waals surface area contributed by atoms with Crippen molar-refractivity contribution in [3.05, 3.63) is 30.3 Å². The summed E-state index contributed by atoms with van der Waals surface area (Å²) in [6, 6.07) is 11.7. The third kappa shape index (κ3) is 3.46. The van der Waals surface area contributed by atoms with Gasteiger partial charge in [0.25, 0.3) is 0 Å². The highest BCUT2D eigenvalue weighted by molar-refractivity contribution is 5.44. The van der Waals surface area contributed by atoms with E-state index in [2.05, 4.69) is 11.4 Å². The molecule has 1 N–H and O–H groups in total. The predicted octanol–water partition coefficient (Wildman–Crippen LogP) is 2.53. The first-order chi connectivity index (χ1) is 8.59. The van der Waals surface area contributed by atoms with E-state index in [0.29, 0.717) is 13.0 Å². The fourth-order valence-electron chi connectivity index (χ4n) is 2.02. The standard InChI is InChI=1S/C14H18N2O2/c1-14(2)17-10-13(18-14)8-12(9-15)16-11-6-4-3-5-7-11/h3-7,12-13,16H,8,10H2,1-2H3/t12-,13+/m1/s1. The van der Waals surface area contributed by atoms with Crippen LogP contribution in [0, 0.1) is 11.3 Å². The molecule has 1 aliphatic rings. The average molecular weight is 246 g/mol. The molecule has 0 saturated carbocycles. The van der Waals surface area contributed by atoms with Gasteiger partial charge in [0.05, 0.1) is 18.8 Å². The maximum atomic E-state index is 9.17. The molecule has 1 fully saturated rings. The summed E-state index contributed by atoms with van der Waals surface area (Å²) < 4.78 is 11.2. The van der Waals surface area contributed by atoms with Crippen molar-refractivity contribution in [1.29, 1.82) is 5.26 Å². The van der Waals surface area contributed by atoms with Gasteiger partial charge in [0.2, 0.25) is 0 Å². The smallest absolute Gasteiger partial charge is 0.163 e. The van der Waals surface area contributed by atoms with Gasteiger partial charge >= 0.3 is 0 Å². The third-order valence-corrected chi connectivity index (χ3v) is 2.84. The number of nitrogens with one attached hydrogen (secondary N) is 1. The Morgan fingerprint density at radius 2 is 2.17 bits per heavy atom.